The summed E-state index contributed by atoms with van der Waals surface area (Å²) in [7, 11) is 0. The van der Waals surface area contributed by atoms with Crippen LogP contribution in [0.25, 0.3) is 5.69 Å². The third-order valence-corrected chi connectivity index (χ3v) is 5.38. The summed E-state index contributed by atoms with van der Waals surface area (Å²) in [5.41, 5.74) is 1.78. The summed E-state index contributed by atoms with van der Waals surface area (Å²) < 4.78 is 1.74. The fraction of sp³-hybridized carbons (Fsp3) is 0.400. The predicted molar refractivity (Wildman–Crippen MR) is 97.6 cm³/mol. The molecule has 1 saturated heterocycles. The summed E-state index contributed by atoms with van der Waals surface area (Å²) >= 11 is 0. The summed E-state index contributed by atoms with van der Waals surface area (Å²) in [6.07, 6.45) is 7.00. The van der Waals surface area contributed by atoms with Gasteiger partial charge >= 0.3 is 0 Å². The third-order valence-electron chi connectivity index (χ3n) is 5.38. The maximum Gasteiger partial charge on any atom is 0.240 e. The summed E-state index contributed by atoms with van der Waals surface area (Å²) in [6, 6.07) is 9.68. The van der Waals surface area contributed by atoms with Crippen LogP contribution in [0.5, 0.6) is 0 Å². The van der Waals surface area contributed by atoms with E-state index in [1.807, 2.05) is 36.5 Å². The van der Waals surface area contributed by atoms with Crippen molar-refractivity contribution in [1.29, 1.82) is 0 Å². The number of likely N-dealkylation sites (tertiary alicyclic amines) is 1. The fourth-order valence-corrected chi connectivity index (χ4v) is 3.96. The van der Waals surface area contributed by atoms with Gasteiger partial charge in [-0.05, 0) is 25.0 Å². The number of carbonyl (C=O) groups is 3. The van der Waals surface area contributed by atoms with Crippen molar-refractivity contribution in [1.82, 2.24) is 20.0 Å². The molecule has 3 amide bonds. The van der Waals surface area contributed by atoms with Crippen LogP contribution in [0.3, 0.4) is 0 Å². The van der Waals surface area contributed by atoms with Crippen molar-refractivity contribution >= 4 is 17.7 Å². The van der Waals surface area contributed by atoms with Gasteiger partial charge in [0.05, 0.1) is 23.7 Å². The molecule has 2 aromatic rings. The summed E-state index contributed by atoms with van der Waals surface area (Å²) in [5, 5.41) is 7.06. The van der Waals surface area contributed by atoms with Gasteiger partial charge in [0, 0.05) is 18.3 Å². The first-order valence-electron chi connectivity index (χ1n) is 9.34. The molecule has 2 heterocycles. The molecule has 140 valence electrons. The molecule has 1 aliphatic carbocycles. The number of nitrogens with zero attached hydrogens (tertiary/aromatic N) is 3. The Labute approximate surface area is 157 Å². The molecule has 27 heavy (non-hydrogen) atoms. The average molecular weight is 366 g/mol. The van der Waals surface area contributed by atoms with Crippen molar-refractivity contribution in [3.63, 3.8) is 0 Å². The highest BCUT2D eigenvalue weighted by atomic mass is 16.2. The second-order valence-corrected chi connectivity index (χ2v) is 7.17. The number of hydrogen-bond donors (Lipinski definition) is 1. The van der Waals surface area contributed by atoms with Gasteiger partial charge in [-0.15, -0.1) is 0 Å². The Morgan fingerprint density at radius 2 is 1.74 bits per heavy atom. The average Bonchev–Trinajstić information content (AvgIpc) is 3.27. The van der Waals surface area contributed by atoms with E-state index in [4.69, 9.17) is 0 Å². The van der Waals surface area contributed by atoms with Crippen LogP contribution in [0.2, 0.25) is 0 Å². The first-order valence-corrected chi connectivity index (χ1v) is 9.34. The number of amides is 3. The van der Waals surface area contributed by atoms with Crippen LogP contribution in [0.4, 0.5) is 0 Å². The molecule has 0 bridgehead atoms. The highest BCUT2D eigenvalue weighted by molar-refractivity contribution is 6.07. The molecule has 1 aromatic heterocycles. The molecular weight excluding hydrogens is 344 g/mol. The van der Waals surface area contributed by atoms with Crippen molar-refractivity contribution in [3.05, 3.63) is 48.3 Å². The maximum absolute atomic E-state index is 12.4. The number of fused-ring (bicyclic) bond motifs is 1. The lowest BCUT2D eigenvalue weighted by Crippen LogP contribution is -2.40. The van der Waals surface area contributed by atoms with Gasteiger partial charge < -0.3 is 5.32 Å². The topological polar surface area (TPSA) is 84.3 Å². The van der Waals surface area contributed by atoms with Crippen molar-refractivity contribution < 1.29 is 14.4 Å². The van der Waals surface area contributed by atoms with E-state index < -0.39 is 0 Å². The number of benzene rings is 1. The number of rotatable bonds is 5. The van der Waals surface area contributed by atoms with Crippen LogP contribution in [0, 0.1) is 11.8 Å². The zero-order chi connectivity index (χ0) is 18.8. The number of aromatic nitrogens is 2. The fourth-order valence-electron chi connectivity index (χ4n) is 3.96. The maximum atomic E-state index is 12.4. The standard InChI is InChI=1S/C20H22N4O3/c25-18(13-23-19(26)16-8-4-5-9-17(16)20(23)27)21-10-14-11-22-24(12-14)15-6-2-1-3-7-15/h1-3,6-7,11-12,16-17H,4-5,8-10,13H2,(H,21,25). The number of hydrogen-bond acceptors (Lipinski definition) is 4. The second kappa shape index (κ2) is 7.34. The predicted octanol–water partition coefficient (Wildman–Crippen LogP) is 1.66. The zero-order valence-corrected chi connectivity index (χ0v) is 15.0. The minimum absolute atomic E-state index is 0.184. The van der Waals surface area contributed by atoms with Crippen molar-refractivity contribution in [2.24, 2.45) is 11.8 Å². The third kappa shape index (κ3) is 3.49. The molecule has 2 aliphatic rings. The van der Waals surface area contributed by atoms with Gasteiger partial charge in [-0.2, -0.15) is 5.10 Å². The number of nitrogens with one attached hydrogen (secondary N) is 1. The van der Waals surface area contributed by atoms with Crippen molar-refractivity contribution in [3.8, 4) is 5.69 Å². The van der Waals surface area contributed by atoms with Crippen LogP contribution >= 0.6 is 0 Å². The van der Waals surface area contributed by atoms with E-state index in [1.165, 1.54) is 0 Å². The minimum atomic E-state index is -0.331. The molecule has 0 spiro atoms. The van der Waals surface area contributed by atoms with E-state index >= 15 is 0 Å². The molecule has 7 heteroatoms. The van der Waals surface area contributed by atoms with Gasteiger partial charge in [-0.3, -0.25) is 19.3 Å². The van der Waals surface area contributed by atoms with Crippen LogP contribution < -0.4 is 5.32 Å². The molecule has 1 saturated carbocycles. The molecule has 0 radical (unpaired) electrons. The molecule has 1 N–H and O–H groups in total. The van der Waals surface area contributed by atoms with Gasteiger partial charge in [0.15, 0.2) is 0 Å². The van der Waals surface area contributed by atoms with E-state index in [9.17, 15) is 14.4 Å². The Balaban J connectivity index is 1.33. The van der Waals surface area contributed by atoms with Gasteiger partial charge in [-0.1, -0.05) is 31.0 Å². The summed E-state index contributed by atoms with van der Waals surface area (Å²) in [5.74, 6) is -1.14. The molecule has 4 rings (SSSR count). The smallest absolute Gasteiger partial charge is 0.240 e. The van der Waals surface area contributed by atoms with E-state index in [1.54, 1.807) is 10.9 Å². The quantitative estimate of drug-likeness (QED) is 0.816. The lowest BCUT2D eigenvalue weighted by molar-refractivity contribution is -0.143. The number of carbonyl (C=O) groups excluding carboxylic acids is 3. The SMILES string of the molecule is O=C(CN1C(=O)C2CCCCC2C1=O)NCc1cnn(-c2ccccc2)c1. The molecule has 1 aromatic carbocycles. The Kier molecular flexibility index (Phi) is 4.75. The first kappa shape index (κ1) is 17.5. The van der Waals surface area contributed by atoms with Crippen molar-refractivity contribution in [2.45, 2.75) is 32.2 Å². The van der Waals surface area contributed by atoms with E-state index in [0.717, 1.165) is 41.8 Å². The highest BCUT2D eigenvalue weighted by Crippen LogP contribution is 2.37. The minimum Gasteiger partial charge on any atom is -0.350 e. The monoisotopic (exact) mass is 366 g/mol. The molecule has 2 atom stereocenters. The molecule has 2 fully saturated rings. The normalized spacial score (nSPS) is 22.0. The first-order chi connectivity index (χ1) is 13.1. The van der Waals surface area contributed by atoms with Gasteiger partial charge in [-0.25, -0.2) is 4.68 Å². The van der Waals surface area contributed by atoms with Crippen molar-refractivity contribution in [2.75, 3.05) is 6.54 Å². The Bertz CT molecular complexity index is 837. The summed E-state index contributed by atoms with van der Waals surface area (Å²) in [6.45, 7) is 0.103. The Morgan fingerprint density at radius 3 is 2.41 bits per heavy atom. The molecule has 1 aliphatic heterocycles. The molecule has 2 unspecified atom stereocenters. The lowest BCUT2D eigenvalue weighted by atomic mass is 9.81. The lowest BCUT2D eigenvalue weighted by Gasteiger charge is -2.19. The highest BCUT2D eigenvalue weighted by Gasteiger charge is 2.48. The van der Waals surface area contributed by atoms with Gasteiger partial charge in [0.2, 0.25) is 17.7 Å². The Hall–Kier alpha value is -2.96. The molecule has 7 nitrogen and oxygen atoms in total. The Morgan fingerprint density at radius 1 is 1.07 bits per heavy atom. The number of para-hydroxylation sites is 1. The van der Waals surface area contributed by atoms with Crippen LogP contribution in [-0.4, -0.2) is 38.9 Å². The van der Waals surface area contributed by atoms with Crippen LogP contribution in [-0.2, 0) is 20.9 Å². The van der Waals surface area contributed by atoms with Crippen LogP contribution in [0.15, 0.2) is 42.7 Å². The van der Waals surface area contributed by atoms with E-state index in [-0.39, 0.29) is 36.1 Å². The van der Waals surface area contributed by atoms with Gasteiger partial charge in [0.25, 0.3) is 0 Å². The van der Waals surface area contributed by atoms with E-state index in [2.05, 4.69) is 10.4 Å². The van der Waals surface area contributed by atoms with Crippen LogP contribution in [0.1, 0.15) is 31.2 Å². The second-order valence-electron chi connectivity index (χ2n) is 7.17. The largest absolute Gasteiger partial charge is 0.350 e. The van der Waals surface area contributed by atoms with Gasteiger partial charge in [0.1, 0.15) is 6.54 Å². The number of imide groups is 1. The summed E-state index contributed by atoms with van der Waals surface area (Å²) in [4.78, 5) is 38.3. The molecular formula is C20H22N4O3. The van der Waals surface area contributed by atoms with E-state index in [0.29, 0.717) is 6.54 Å². The zero-order valence-electron chi connectivity index (χ0n) is 15.0.